The molecule has 6 nitrogen and oxygen atoms in total. The number of rotatable bonds is 5. The van der Waals surface area contributed by atoms with E-state index in [0.717, 1.165) is 11.6 Å². The fourth-order valence-corrected chi connectivity index (χ4v) is 4.61. The number of halogens is 1. The Morgan fingerprint density at radius 2 is 1.95 bits per heavy atom. The molecule has 9 heteroatoms. The van der Waals surface area contributed by atoms with Crippen LogP contribution in [0.3, 0.4) is 0 Å². The number of nitro groups is 1. The molecule has 1 aromatic carbocycles. The third-order valence-corrected chi connectivity index (χ3v) is 6.09. The monoisotopic (exact) mass is 346 g/mol. The summed E-state index contributed by atoms with van der Waals surface area (Å²) in [6, 6.07) is 9.50. The van der Waals surface area contributed by atoms with Crippen LogP contribution in [0.25, 0.3) is 0 Å². The molecule has 0 aliphatic carbocycles. The van der Waals surface area contributed by atoms with Gasteiger partial charge in [-0.05, 0) is 12.5 Å². The van der Waals surface area contributed by atoms with Crippen LogP contribution < -0.4 is 4.72 Å². The predicted octanol–water partition coefficient (Wildman–Crippen LogP) is 3.35. The second kappa shape index (κ2) is 6.10. The molecule has 0 amide bonds. The lowest BCUT2D eigenvalue weighted by atomic mass is 10.1. The highest BCUT2D eigenvalue weighted by molar-refractivity contribution is 7.91. The van der Waals surface area contributed by atoms with E-state index in [1.54, 1.807) is 31.2 Å². The summed E-state index contributed by atoms with van der Waals surface area (Å²) in [5.41, 5.74) is 0.382. The van der Waals surface area contributed by atoms with E-state index in [1.165, 1.54) is 0 Å². The van der Waals surface area contributed by atoms with Crippen LogP contribution >= 0.6 is 22.9 Å². The maximum absolute atomic E-state index is 12.2. The fourth-order valence-electron chi connectivity index (χ4n) is 1.70. The van der Waals surface area contributed by atoms with Crippen LogP contribution in [0, 0.1) is 10.1 Å². The highest BCUT2D eigenvalue weighted by Gasteiger charge is 2.26. The molecule has 0 spiro atoms. The molecule has 1 N–H and O–H groups in total. The minimum atomic E-state index is -3.86. The lowest BCUT2D eigenvalue weighted by molar-refractivity contribution is -0.384. The Bertz CT molecular complexity index is 759. The van der Waals surface area contributed by atoms with Gasteiger partial charge in [-0.2, -0.15) is 0 Å². The second-order valence-corrected chi connectivity index (χ2v) is 7.83. The van der Waals surface area contributed by atoms with Crippen molar-refractivity contribution in [2.75, 3.05) is 0 Å². The van der Waals surface area contributed by atoms with Crippen molar-refractivity contribution in [3.05, 3.63) is 56.4 Å². The van der Waals surface area contributed by atoms with Crippen LogP contribution in [0.15, 0.2) is 40.6 Å². The summed E-state index contributed by atoms with van der Waals surface area (Å²) in [7, 11) is -3.86. The van der Waals surface area contributed by atoms with Crippen LogP contribution in [0.5, 0.6) is 0 Å². The van der Waals surface area contributed by atoms with Gasteiger partial charge in [0, 0.05) is 12.1 Å². The molecule has 2 aromatic rings. The van der Waals surface area contributed by atoms with E-state index in [9.17, 15) is 18.5 Å². The van der Waals surface area contributed by atoms with Crippen LogP contribution in [0.2, 0.25) is 4.34 Å². The lowest BCUT2D eigenvalue weighted by Gasteiger charge is -2.13. The molecule has 0 aliphatic rings. The number of hydrogen-bond donors (Lipinski definition) is 1. The Balaban J connectivity index is 2.27. The van der Waals surface area contributed by atoms with E-state index in [4.69, 9.17) is 11.6 Å². The maximum atomic E-state index is 12.2. The van der Waals surface area contributed by atoms with Gasteiger partial charge >= 0.3 is 0 Å². The summed E-state index contributed by atoms with van der Waals surface area (Å²) in [4.78, 5) is 10.0. The Morgan fingerprint density at radius 3 is 2.48 bits per heavy atom. The van der Waals surface area contributed by atoms with Gasteiger partial charge in [0.2, 0.25) is 0 Å². The van der Waals surface area contributed by atoms with E-state index in [-0.39, 0.29) is 8.55 Å². The highest BCUT2D eigenvalue weighted by atomic mass is 35.5. The zero-order chi connectivity index (χ0) is 15.6. The molecule has 0 radical (unpaired) electrons. The zero-order valence-corrected chi connectivity index (χ0v) is 13.2. The fraction of sp³-hybridized carbons (Fsp3) is 0.167. The summed E-state index contributed by atoms with van der Waals surface area (Å²) >= 11 is 6.34. The third-order valence-electron chi connectivity index (χ3n) is 2.74. The van der Waals surface area contributed by atoms with Gasteiger partial charge in [0.25, 0.3) is 15.7 Å². The second-order valence-electron chi connectivity index (χ2n) is 4.24. The molecule has 0 saturated carbocycles. The highest BCUT2D eigenvalue weighted by Crippen LogP contribution is 2.36. The first kappa shape index (κ1) is 15.9. The number of sulfonamides is 1. The van der Waals surface area contributed by atoms with Crippen molar-refractivity contribution in [2.45, 2.75) is 17.2 Å². The van der Waals surface area contributed by atoms with E-state index in [2.05, 4.69) is 4.72 Å². The Labute approximate surface area is 130 Å². The first-order chi connectivity index (χ1) is 9.81. The molecule has 1 unspecified atom stereocenters. The molecule has 2 rings (SSSR count). The van der Waals surface area contributed by atoms with Gasteiger partial charge < -0.3 is 0 Å². The molecule has 0 saturated heterocycles. The normalized spacial score (nSPS) is 13.0. The van der Waals surface area contributed by atoms with Crippen LogP contribution in [0.4, 0.5) is 5.69 Å². The quantitative estimate of drug-likeness (QED) is 0.664. The molecule has 112 valence electrons. The van der Waals surface area contributed by atoms with Crippen molar-refractivity contribution < 1.29 is 13.3 Å². The summed E-state index contributed by atoms with van der Waals surface area (Å²) < 4.78 is 26.6. The van der Waals surface area contributed by atoms with E-state index in [1.807, 2.05) is 6.07 Å². The maximum Gasteiger partial charge on any atom is 0.300 e. The summed E-state index contributed by atoms with van der Waals surface area (Å²) in [5, 5.41) is 10.7. The Hall–Kier alpha value is -1.48. The topological polar surface area (TPSA) is 89.3 Å². The molecule has 0 aliphatic heterocycles. The van der Waals surface area contributed by atoms with Crippen molar-refractivity contribution in [3.63, 3.8) is 0 Å². The molecule has 1 atom stereocenters. The van der Waals surface area contributed by atoms with Crippen LogP contribution in [0.1, 0.15) is 18.5 Å². The van der Waals surface area contributed by atoms with Gasteiger partial charge in [-0.15, -0.1) is 11.3 Å². The minimum Gasteiger partial charge on any atom is -0.258 e. The molecule has 21 heavy (non-hydrogen) atoms. The van der Waals surface area contributed by atoms with Crippen molar-refractivity contribution in [1.82, 2.24) is 4.72 Å². The van der Waals surface area contributed by atoms with Gasteiger partial charge in [0.05, 0.1) is 4.92 Å². The largest absolute Gasteiger partial charge is 0.300 e. The van der Waals surface area contributed by atoms with E-state index < -0.39 is 26.7 Å². The standard InChI is InChI=1S/C12H11ClN2O4S2/c1-8(9-5-3-2-4-6-9)14-21(18,19)11-7-10(15(16)17)12(13)20-11/h2-8,14H,1H3. The Kier molecular flexibility index (Phi) is 4.62. The average molecular weight is 347 g/mol. The van der Waals surface area contributed by atoms with E-state index >= 15 is 0 Å². The molecule has 1 aromatic heterocycles. The number of benzene rings is 1. The predicted molar refractivity (Wildman–Crippen MR) is 81.2 cm³/mol. The number of nitrogens with zero attached hydrogens (tertiary/aromatic N) is 1. The first-order valence-electron chi connectivity index (χ1n) is 5.82. The van der Waals surface area contributed by atoms with Gasteiger partial charge in [-0.3, -0.25) is 10.1 Å². The SMILES string of the molecule is CC(NS(=O)(=O)c1cc([N+](=O)[O-])c(Cl)s1)c1ccccc1. The molecule has 1 heterocycles. The summed E-state index contributed by atoms with van der Waals surface area (Å²) in [5.74, 6) is 0. The molecular formula is C12H11ClN2O4S2. The zero-order valence-electron chi connectivity index (χ0n) is 10.8. The van der Waals surface area contributed by atoms with Gasteiger partial charge in [-0.1, -0.05) is 41.9 Å². The van der Waals surface area contributed by atoms with Crippen molar-refractivity contribution in [2.24, 2.45) is 0 Å². The average Bonchev–Trinajstić information content (AvgIpc) is 2.82. The smallest absolute Gasteiger partial charge is 0.258 e. The Morgan fingerprint density at radius 1 is 1.33 bits per heavy atom. The lowest BCUT2D eigenvalue weighted by Crippen LogP contribution is -2.26. The first-order valence-corrected chi connectivity index (χ1v) is 8.50. The molecular weight excluding hydrogens is 336 g/mol. The number of hydrogen-bond acceptors (Lipinski definition) is 5. The summed E-state index contributed by atoms with van der Waals surface area (Å²) in [6.07, 6.45) is 0. The number of nitrogens with one attached hydrogen (secondary N) is 1. The number of thiophene rings is 1. The van der Waals surface area contributed by atoms with E-state index in [0.29, 0.717) is 11.3 Å². The van der Waals surface area contributed by atoms with Crippen LogP contribution in [-0.4, -0.2) is 13.3 Å². The van der Waals surface area contributed by atoms with Gasteiger partial charge in [-0.25, -0.2) is 13.1 Å². The van der Waals surface area contributed by atoms with Crippen LogP contribution in [-0.2, 0) is 10.0 Å². The van der Waals surface area contributed by atoms with Crippen molar-refractivity contribution in [1.29, 1.82) is 0 Å². The molecule has 0 bridgehead atoms. The van der Waals surface area contributed by atoms with Crippen molar-refractivity contribution >= 4 is 38.6 Å². The van der Waals surface area contributed by atoms with Gasteiger partial charge in [0.15, 0.2) is 4.34 Å². The molecule has 0 fully saturated rings. The van der Waals surface area contributed by atoms with Gasteiger partial charge in [0.1, 0.15) is 4.21 Å². The minimum absolute atomic E-state index is 0.160. The summed E-state index contributed by atoms with van der Waals surface area (Å²) in [6.45, 7) is 1.69. The van der Waals surface area contributed by atoms with Crippen molar-refractivity contribution in [3.8, 4) is 0 Å². The third kappa shape index (κ3) is 3.59.